The Bertz CT molecular complexity index is 393. The molecule has 106 valence electrons. The molecule has 2 unspecified atom stereocenters. The first-order chi connectivity index (χ1) is 9.19. The minimum atomic E-state index is -0.192. The second-order valence-corrected chi connectivity index (χ2v) is 6.59. The van der Waals surface area contributed by atoms with E-state index in [1.165, 1.54) is 31.7 Å². The fraction of sp³-hybridized carbons (Fsp3) is 0.600. The van der Waals surface area contributed by atoms with Crippen LogP contribution in [0.3, 0.4) is 0 Å². The van der Waals surface area contributed by atoms with Gasteiger partial charge in [0.05, 0.1) is 0 Å². The number of halogens is 3. The highest BCUT2D eigenvalue weighted by Crippen LogP contribution is 2.30. The van der Waals surface area contributed by atoms with E-state index in [1.807, 2.05) is 6.07 Å². The molecule has 1 aromatic carbocycles. The Morgan fingerprint density at radius 3 is 2.63 bits per heavy atom. The van der Waals surface area contributed by atoms with Gasteiger partial charge in [0.25, 0.3) is 0 Å². The normalized spacial score (nSPS) is 23.5. The molecule has 0 spiro atoms. The number of rotatable bonds is 5. The molecule has 0 aliphatic heterocycles. The molecule has 1 N–H and O–H groups in total. The number of hydrogen-bond donors (Lipinski definition) is 1. The molecule has 0 aromatic heterocycles. The summed E-state index contributed by atoms with van der Waals surface area (Å²) in [6, 6.07) is 5.02. The van der Waals surface area contributed by atoms with E-state index in [9.17, 15) is 4.39 Å². The molecule has 0 saturated heterocycles. The van der Waals surface area contributed by atoms with Crippen LogP contribution in [-0.4, -0.2) is 12.4 Å². The van der Waals surface area contributed by atoms with Crippen LogP contribution in [-0.2, 0) is 6.54 Å². The van der Waals surface area contributed by atoms with Crippen LogP contribution in [0.25, 0.3) is 0 Å². The third-order valence-electron chi connectivity index (χ3n) is 3.92. The van der Waals surface area contributed by atoms with Gasteiger partial charge in [-0.2, -0.15) is 0 Å². The molecule has 0 amide bonds. The van der Waals surface area contributed by atoms with E-state index >= 15 is 0 Å². The number of benzene rings is 1. The van der Waals surface area contributed by atoms with Gasteiger partial charge in [0, 0.05) is 16.9 Å². The SMILES string of the molecule is Fc1cc(Br)cc(CNCC2CCCCC2CCl)c1. The largest absolute Gasteiger partial charge is 0.312 e. The predicted octanol–water partition coefficient (Wildman–Crippen LogP) is 4.72. The van der Waals surface area contributed by atoms with Crippen molar-refractivity contribution < 1.29 is 4.39 Å². The summed E-state index contributed by atoms with van der Waals surface area (Å²) < 4.78 is 14.0. The summed E-state index contributed by atoms with van der Waals surface area (Å²) in [7, 11) is 0. The van der Waals surface area contributed by atoms with Gasteiger partial charge in [-0.25, -0.2) is 4.39 Å². The van der Waals surface area contributed by atoms with Crippen molar-refractivity contribution in [3.63, 3.8) is 0 Å². The van der Waals surface area contributed by atoms with Crippen molar-refractivity contribution in [3.8, 4) is 0 Å². The molecular formula is C15H20BrClFN. The zero-order valence-electron chi connectivity index (χ0n) is 11.0. The van der Waals surface area contributed by atoms with Gasteiger partial charge in [0.15, 0.2) is 0 Å². The van der Waals surface area contributed by atoms with Crippen LogP contribution in [0.2, 0.25) is 0 Å². The van der Waals surface area contributed by atoms with Crippen molar-refractivity contribution in [3.05, 3.63) is 34.1 Å². The van der Waals surface area contributed by atoms with Gasteiger partial charge in [-0.1, -0.05) is 28.8 Å². The molecular weight excluding hydrogens is 329 g/mol. The molecule has 1 aromatic rings. The van der Waals surface area contributed by atoms with Gasteiger partial charge in [0.1, 0.15) is 5.82 Å². The standard InChI is InChI=1S/C15H20BrClFN/c16-14-5-11(6-15(18)7-14)9-19-10-13-4-2-1-3-12(13)8-17/h5-7,12-13,19H,1-4,8-10H2. The van der Waals surface area contributed by atoms with Crippen LogP contribution in [0, 0.1) is 17.7 Å². The minimum Gasteiger partial charge on any atom is -0.312 e. The quantitative estimate of drug-likeness (QED) is 0.759. The van der Waals surface area contributed by atoms with Crippen molar-refractivity contribution in [1.82, 2.24) is 5.32 Å². The van der Waals surface area contributed by atoms with Crippen LogP contribution >= 0.6 is 27.5 Å². The van der Waals surface area contributed by atoms with Crippen LogP contribution in [0.4, 0.5) is 4.39 Å². The van der Waals surface area contributed by atoms with Gasteiger partial charge in [-0.15, -0.1) is 11.6 Å². The summed E-state index contributed by atoms with van der Waals surface area (Å²) in [6.45, 7) is 1.69. The highest BCUT2D eigenvalue weighted by atomic mass is 79.9. The molecule has 2 rings (SSSR count). The van der Waals surface area contributed by atoms with E-state index in [4.69, 9.17) is 11.6 Å². The third kappa shape index (κ3) is 4.73. The van der Waals surface area contributed by atoms with E-state index in [0.29, 0.717) is 18.4 Å². The van der Waals surface area contributed by atoms with Gasteiger partial charge < -0.3 is 5.32 Å². The van der Waals surface area contributed by atoms with E-state index < -0.39 is 0 Å². The van der Waals surface area contributed by atoms with Crippen molar-refractivity contribution in [2.24, 2.45) is 11.8 Å². The molecule has 2 atom stereocenters. The molecule has 0 bridgehead atoms. The maximum Gasteiger partial charge on any atom is 0.124 e. The summed E-state index contributed by atoms with van der Waals surface area (Å²) in [4.78, 5) is 0. The maximum atomic E-state index is 13.3. The zero-order chi connectivity index (χ0) is 13.7. The Labute approximate surface area is 128 Å². The lowest BCUT2D eigenvalue weighted by Gasteiger charge is -2.30. The van der Waals surface area contributed by atoms with Crippen molar-refractivity contribution >= 4 is 27.5 Å². The lowest BCUT2D eigenvalue weighted by Crippen LogP contribution is -2.31. The molecule has 1 aliphatic rings. The minimum absolute atomic E-state index is 0.192. The average molecular weight is 349 g/mol. The van der Waals surface area contributed by atoms with E-state index in [2.05, 4.69) is 21.2 Å². The number of nitrogens with one attached hydrogen (secondary N) is 1. The van der Waals surface area contributed by atoms with E-state index in [-0.39, 0.29) is 5.82 Å². The number of alkyl halides is 1. The molecule has 19 heavy (non-hydrogen) atoms. The smallest absolute Gasteiger partial charge is 0.124 e. The Morgan fingerprint density at radius 1 is 1.21 bits per heavy atom. The second kappa shape index (κ2) is 7.61. The average Bonchev–Trinajstić information content (AvgIpc) is 2.38. The Morgan fingerprint density at radius 2 is 1.95 bits per heavy atom. The van der Waals surface area contributed by atoms with E-state index in [1.54, 1.807) is 6.07 Å². The van der Waals surface area contributed by atoms with Gasteiger partial charge in [-0.3, -0.25) is 0 Å². The highest BCUT2D eigenvalue weighted by molar-refractivity contribution is 9.10. The molecule has 0 heterocycles. The fourth-order valence-corrected chi connectivity index (χ4v) is 3.79. The fourth-order valence-electron chi connectivity index (χ4n) is 2.87. The molecule has 1 saturated carbocycles. The Balaban J connectivity index is 1.82. The van der Waals surface area contributed by atoms with Crippen LogP contribution in [0.1, 0.15) is 31.2 Å². The molecule has 1 fully saturated rings. The van der Waals surface area contributed by atoms with Crippen molar-refractivity contribution in [2.75, 3.05) is 12.4 Å². The summed E-state index contributed by atoms with van der Waals surface area (Å²) in [5.74, 6) is 1.88. The van der Waals surface area contributed by atoms with Gasteiger partial charge >= 0.3 is 0 Å². The second-order valence-electron chi connectivity index (χ2n) is 5.37. The van der Waals surface area contributed by atoms with Gasteiger partial charge in [-0.05, 0) is 55.0 Å². The summed E-state index contributed by atoms with van der Waals surface area (Å²) >= 11 is 9.35. The molecule has 0 radical (unpaired) electrons. The summed E-state index contributed by atoms with van der Waals surface area (Å²) in [5, 5.41) is 3.44. The molecule has 4 heteroatoms. The predicted molar refractivity (Wildman–Crippen MR) is 82.0 cm³/mol. The third-order valence-corrected chi connectivity index (χ3v) is 4.78. The Hall–Kier alpha value is -0.120. The first-order valence-corrected chi connectivity index (χ1v) is 8.23. The van der Waals surface area contributed by atoms with Crippen LogP contribution in [0.15, 0.2) is 22.7 Å². The van der Waals surface area contributed by atoms with Crippen LogP contribution in [0.5, 0.6) is 0 Å². The molecule has 1 aliphatic carbocycles. The zero-order valence-corrected chi connectivity index (χ0v) is 13.3. The van der Waals surface area contributed by atoms with Crippen molar-refractivity contribution in [1.29, 1.82) is 0 Å². The summed E-state index contributed by atoms with van der Waals surface area (Å²) in [6.07, 6.45) is 5.13. The lowest BCUT2D eigenvalue weighted by molar-refractivity contribution is 0.250. The first-order valence-electron chi connectivity index (χ1n) is 6.90. The van der Waals surface area contributed by atoms with E-state index in [0.717, 1.165) is 22.5 Å². The Kier molecular flexibility index (Phi) is 6.11. The topological polar surface area (TPSA) is 12.0 Å². The lowest BCUT2D eigenvalue weighted by atomic mass is 9.80. The van der Waals surface area contributed by atoms with Gasteiger partial charge in [0.2, 0.25) is 0 Å². The molecule has 1 nitrogen and oxygen atoms in total. The maximum absolute atomic E-state index is 13.3. The van der Waals surface area contributed by atoms with Crippen LogP contribution < -0.4 is 5.32 Å². The van der Waals surface area contributed by atoms with Crippen molar-refractivity contribution in [2.45, 2.75) is 32.2 Å². The monoisotopic (exact) mass is 347 g/mol. The highest BCUT2D eigenvalue weighted by Gasteiger charge is 2.23. The summed E-state index contributed by atoms with van der Waals surface area (Å²) in [5.41, 5.74) is 0.977. The number of hydrogen-bond acceptors (Lipinski definition) is 1. The first kappa shape index (κ1) is 15.3.